The molecule has 15 heteroatoms. The molecule has 0 saturated heterocycles. The Bertz CT molecular complexity index is 2120. The lowest BCUT2D eigenvalue weighted by Crippen LogP contribution is -1.99. The topological polar surface area (TPSA) is 200 Å². The van der Waals surface area contributed by atoms with E-state index in [9.17, 15) is 26.5 Å². The highest BCUT2D eigenvalue weighted by Gasteiger charge is 2.22. The summed E-state index contributed by atoms with van der Waals surface area (Å²) in [5.74, 6) is 0.199. The van der Waals surface area contributed by atoms with E-state index in [0.717, 1.165) is 5.69 Å². The molecule has 0 atom stereocenters. The van der Waals surface area contributed by atoms with Crippen molar-refractivity contribution >= 4 is 65.1 Å². The predicted molar refractivity (Wildman–Crippen MR) is 163 cm³/mol. The lowest BCUT2D eigenvalue weighted by molar-refractivity contribution is 0.415. The van der Waals surface area contributed by atoms with Gasteiger partial charge in [-0.3, -0.25) is 9.11 Å². The molecule has 0 heterocycles. The summed E-state index contributed by atoms with van der Waals surface area (Å²) in [6, 6.07) is 24.5. The zero-order chi connectivity index (χ0) is 31.5. The van der Waals surface area contributed by atoms with Crippen molar-refractivity contribution < 1.29 is 35.8 Å². The fourth-order valence-corrected chi connectivity index (χ4v) is 5.20. The van der Waals surface area contributed by atoms with Crippen LogP contribution in [0.5, 0.6) is 11.5 Å². The average Bonchev–Trinajstić information content (AvgIpc) is 2.99. The molecule has 44 heavy (non-hydrogen) atoms. The van der Waals surface area contributed by atoms with Crippen LogP contribution in [-0.2, 0) is 20.2 Å². The summed E-state index contributed by atoms with van der Waals surface area (Å²) in [6.07, 6.45) is 0. The van der Waals surface area contributed by atoms with E-state index in [1.54, 1.807) is 61.7 Å². The van der Waals surface area contributed by atoms with E-state index in [-0.39, 0.29) is 16.0 Å². The molecule has 0 aliphatic rings. The fraction of sp³-hybridized carbons (Fsp3) is 0.0345. The zero-order valence-electron chi connectivity index (χ0n) is 22.7. The van der Waals surface area contributed by atoms with Gasteiger partial charge in [0, 0.05) is 16.8 Å². The summed E-state index contributed by atoms with van der Waals surface area (Å²) < 4.78 is 70.9. The molecule has 224 valence electrons. The lowest BCUT2D eigenvalue weighted by Gasteiger charge is -2.12. The first-order chi connectivity index (χ1) is 20.9. The van der Waals surface area contributed by atoms with Gasteiger partial charge in [-0.05, 0) is 102 Å². The predicted octanol–water partition coefficient (Wildman–Crippen LogP) is 7.62. The Kier molecular flexibility index (Phi) is 8.37. The minimum atomic E-state index is -4.81. The molecule has 0 unspecified atom stereocenters. The van der Waals surface area contributed by atoms with Gasteiger partial charge < -0.3 is 15.2 Å². The molecule has 0 radical (unpaired) electrons. The lowest BCUT2D eigenvalue weighted by atomic mass is 10.1. The average molecular weight is 634 g/mol. The first-order valence-electron chi connectivity index (χ1n) is 12.6. The number of aromatic hydroxyl groups is 1. The number of phenols is 1. The Balaban J connectivity index is 1.39. The maximum absolute atomic E-state index is 12.2. The van der Waals surface area contributed by atoms with Crippen molar-refractivity contribution in [3.8, 4) is 11.5 Å². The Morgan fingerprint density at radius 2 is 1.16 bits per heavy atom. The summed E-state index contributed by atoms with van der Waals surface area (Å²) in [4.78, 5) is -0.898. The number of benzene rings is 5. The minimum Gasteiger partial charge on any atom is -0.505 e. The standard InChI is InChI=1S/C29H23N5O8S2/c1-42-24-11-6-19(7-12-24)30-23-10-15-26-18(16-23)17-27(44(39,40)41)28(29(26)35)34-33-21-4-2-20(3-5-21)31-32-22-8-13-25(14-9-22)43(36,37)38/h2-17,30,35H,1H3,(H,36,37,38)(H,39,40,41). The molecule has 0 aromatic heterocycles. The number of nitrogens with zero attached hydrogens (tertiary/aromatic N) is 4. The number of rotatable bonds is 9. The van der Waals surface area contributed by atoms with Gasteiger partial charge >= 0.3 is 0 Å². The van der Waals surface area contributed by atoms with E-state index in [1.807, 2.05) is 0 Å². The van der Waals surface area contributed by atoms with Crippen LogP contribution in [0, 0.1) is 0 Å². The Labute approximate surface area is 251 Å². The third-order valence-electron chi connectivity index (χ3n) is 6.24. The summed E-state index contributed by atoms with van der Waals surface area (Å²) in [7, 11) is -7.56. The van der Waals surface area contributed by atoms with E-state index in [1.165, 1.54) is 42.5 Å². The molecular weight excluding hydrogens is 610 g/mol. The van der Waals surface area contributed by atoms with Crippen molar-refractivity contribution in [2.24, 2.45) is 20.5 Å². The third-order valence-corrected chi connectivity index (χ3v) is 7.97. The van der Waals surface area contributed by atoms with Gasteiger partial charge in [-0.25, -0.2) is 0 Å². The molecule has 13 nitrogen and oxygen atoms in total. The van der Waals surface area contributed by atoms with E-state index in [4.69, 9.17) is 9.29 Å². The molecule has 0 aliphatic carbocycles. The second-order valence-electron chi connectivity index (χ2n) is 9.22. The molecule has 0 aliphatic heterocycles. The number of nitrogens with one attached hydrogen (secondary N) is 1. The number of azo groups is 2. The monoisotopic (exact) mass is 633 g/mol. The van der Waals surface area contributed by atoms with Gasteiger partial charge in [0.2, 0.25) is 0 Å². The summed E-state index contributed by atoms with van der Waals surface area (Å²) in [5.41, 5.74) is 1.94. The number of hydrogen-bond donors (Lipinski definition) is 4. The number of phenolic OH excluding ortho intramolecular Hbond substituents is 1. The number of hydrogen-bond acceptors (Lipinski definition) is 11. The Morgan fingerprint density at radius 3 is 1.68 bits per heavy atom. The van der Waals surface area contributed by atoms with Crippen LogP contribution in [0.25, 0.3) is 10.8 Å². The molecule has 5 aromatic carbocycles. The summed E-state index contributed by atoms with van der Waals surface area (Å²) >= 11 is 0. The Morgan fingerprint density at radius 1 is 0.636 bits per heavy atom. The highest BCUT2D eigenvalue weighted by atomic mass is 32.2. The highest BCUT2D eigenvalue weighted by molar-refractivity contribution is 7.86. The minimum absolute atomic E-state index is 0.271. The molecule has 0 spiro atoms. The van der Waals surface area contributed by atoms with Crippen molar-refractivity contribution in [2.45, 2.75) is 9.79 Å². The second kappa shape index (κ2) is 12.2. The molecule has 0 bridgehead atoms. The van der Waals surface area contributed by atoms with Gasteiger partial charge in [0.05, 0.1) is 29.1 Å². The third kappa shape index (κ3) is 7.04. The summed E-state index contributed by atoms with van der Waals surface area (Å²) in [6.45, 7) is 0. The van der Waals surface area contributed by atoms with Crippen molar-refractivity contribution in [1.82, 2.24) is 0 Å². The molecule has 0 fully saturated rings. The van der Waals surface area contributed by atoms with Crippen molar-refractivity contribution in [2.75, 3.05) is 12.4 Å². The maximum atomic E-state index is 12.2. The van der Waals surface area contributed by atoms with Crippen LogP contribution in [-0.4, -0.2) is 38.2 Å². The Hall–Kier alpha value is -5.22. The van der Waals surface area contributed by atoms with Crippen LogP contribution in [0.2, 0.25) is 0 Å². The maximum Gasteiger partial charge on any atom is 0.296 e. The molecule has 0 amide bonds. The number of methoxy groups -OCH3 is 1. The van der Waals surface area contributed by atoms with Gasteiger partial charge in [0.1, 0.15) is 16.3 Å². The second-order valence-corrected chi connectivity index (χ2v) is 12.0. The largest absolute Gasteiger partial charge is 0.505 e. The van der Waals surface area contributed by atoms with Crippen molar-refractivity contribution in [1.29, 1.82) is 0 Å². The van der Waals surface area contributed by atoms with E-state index in [0.29, 0.717) is 28.2 Å². The number of anilines is 2. The smallest absolute Gasteiger partial charge is 0.296 e. The molecular formula is C29H23N5O8S2. The first kappa shape index (κ1) is 30.2. The van der Waals surface area contributed by atoms with Crippen molar-refractivity contribution in [3.63, 3.8) is 0 Å². The molecule has 4 N–H and O–H groups in total. The quantitative estimate of drug-likeness (QED) is 0.0930. The van der Waals surface area contributed by atoms with E-state index in [2.05, 4.69) is 25.8 Å². The number of fused-ring (bicyclic) bond motifs is 1. The fourth-order valence-electron chi connectivity index (χ4n) is 4.06. The van der Waals surface area contributed by atoms with Crippen LogP contribution in [0.3, 0.4) is 0 Å². The van der Waals surface area contributed by atoms with Gasteiger partial charge in [0.25, 0.3) is 20.2 Å². The van der Waals surface area contributed by atoms with Gasteiger partial charge in [-0.15, -0.1) is 5.11 Å². The normalized spacial score (nSPS) is 12.2. The van der Waals surface area contributed by atoms with Crippen LogP contribution < -0.4 is 10.1 Å². The SMILES string of the molecule is COc1ccc(Nc2ccc3c(O)c(N=Nc4ccc(N=Nc5ccc(S(=O)(=O)O)cc5)cc4)c(S(=O)(=O)O)cc3c2)cc1. The molecule has 5 aromatic rings. The van der Waals surface area contributed by atoms with Gasteiger partial charge in [-0.1, -0.05) is 0 Å². The zero-order valence-corrected chi connectivity index (χ0v) is 24.4. The van der Waals surface area contributed by atoms with Crippen molar-refractivity contribution in [3.05, 3.63) is 97.1 Å². The van der Waals surface area contributed by atoms with Crippen LogP contribution in [0.1, 0.15) is 0 Å². The molecule has 0 saturated carbocycles. The first-order valence-corrected chi connectivity index (χ1v) is 15.5. The van der Waals surface area contributed by atoms with Crippen LogP contribution in [0.4, 0.5) is 34.1 Å². The van der Waals surface area contributed by atoms with E-state index >= 15 is 0 Å². The van der Waals surface area contributed by atoms with Crippen LogP contribution >= 0.6 is 0 Å². The van der Waals surface area contributed by atoms with Gasteiger partial charge in [0.15, 0.2) is 5.75 Å². The highest BCUT2D eigenvalue weighted by Crippen LogP contribution is 2.42. The van der Waals surface area contributed by atoms with E-state index < -0.39 is 36.6 Å². The number of ether oxygens (including phenoxy) is 1. The summed E-state index contributed by atoms with van der Waals surface area (Å²) in [5, 5.41) is 30.7. The van der Waals surface area contributed by atoms with Gasteiger partial charge in [-0.2, -0.15) is 32.2 Å². The van der Waals surface area contributed by atoms with Crippen LogP contribution in [0.15, 0.2) is 127 Å². The molecule has 5 rings (SSSR count).